The second-order valence-corrected chi connectivity index (χ2v) is 8.36. The smallest absolute Gasteiger partial charge is 0.163 e. The van der Waals surface area contributed by atoms with Gasteiger partial charge >= 0.3 is 0 Å². The van der Waals surface area contributed by atoms with Crippen molar-refractivity contribution in [1.82, 2.24) is 19.7 Å². The van der Waals surface area contributed by atoms with Gasteiger partial charge in [0, 0.05) is 18.1 Å². The monoisotopic (exact) mass is 417 g/mol. The third kappa shape index (κ3) is 3.90. The molecule has 6 heteroatoms. The van der Waals surface area contributed by atoms with Crippen molar-refractivity contribution in [2.24, 2.45) is 5.92 Å². The van der Waals surface area contributed by atoms with Gasteiger partial charge < -0.3 is 4.90 Å². The average molecular weight is 418 g/mol. The van der Waals surface area contributed by atoms with Crippen LogP contribution in [0.15, 0.2) is 67.1 Å². The molecule has 5 rings (SSSR count). The molecule has 1 fully saturated rings. The number of halogens is 1. The fourth-order valence-corrected chi connectivity index (χ4v) is 4.53. The van der Waals surface area contributed by atoms with E-state index < -0.39 is 0 Å². The van der Waals surface area contributed by atoms with Crippen molar-refractivity contribution in [2.45, 2.75) is 25.8 Å². The summed E-state index contributed by atoms with van der Waals surface area (Å²) < 4.78 is 1.91. The lowest BCUT2D eigenvalue weighted by Gasteiger charge is -2.33. The van der Waals surface area contributed by atoms with E-state index in [4.69, 9.17) is 11.6 Å². The van der Waals surface area contributed by atoms with Gasteiger partial charge in [-0.15, -0.1) is 0 Å². The van der Waals surface area contributed by atoms with E-state index in [1.807, 2.05) is 35.1 Å². The van der Waals surface area contributed by atoms with Crippen LogP contribution < -0.4 is 4.90 Å². The summed E-state index contributed by atoms with van der Waals surface area (Å²) in [5.74, 6) is 1.72. The molecule has 0 aliphatic carbocycles. The molecule has 0 unspecified atom stereocenters. The number of fused-ring (bicyclic) bond motifs is 1. The summed E-state index contributed by atoms with van der Waals surface area (Å²) in [4.78, 5) is 11.5. The minimum absolute atomic E-state index is 0.596. The van der Waals surface area contributed by atoms with Crippen molar-refractivity contribution in [3.63, 3.8) is 0 Å². The Morgan fingerprint density at radius 2 is 1.70 bits per heavy atom. The molecule has 0 bridgehead atoms. The third-order valence-electron chi connectivity index (χ3n) is 5.97. The Morgan fingerprint density at radius 1 is 0.933 bits per heavy atom. The number of anilines is 1. The van der Waals surface area contributed by atoms with Gasteiger partial charge in [-0.3, -0.25) is 0 Å². The summed E-state index contributed by atoms with van der Waals surface area (Å²) in [6, 6.07) is 18.7. The van der Waals surface area contributed by atoms with Gasteiger partial charge in [-0.2, -0.15) is 5.10 Å². The molecule has 0 N–H and O–H groups in total. The minimum Gasteiger partial charge on any atom is -0.356 e. The van der Waals surface area contributed by atoms with Crippen LogP contribution >= 0.6 is 11.6 Å². The molecule has 2 aromatic heterocycles. The molecule has 0 spiro atoms. The molecule has 30 heavy (non-hydrogen) atoms. The predicted octanol–water partition coefficient (Wildman–Crippen LogP) is 4.99. The van der Waals surface area contributed by atoms with Crippen molar-refractivity contribution >= 4 is 28.5 Å². The molecule has 0 saturated carbocycles. The molecule has 152 valence electrons. The highest BCUT2D eigenvalue weighted by molar-refractivity contribution is 6.31. The van der Waals surface area contributed by atoms with Crippen molar-refractivity contribution in [2.75, 3.05) is 18.0 Å². The Bertz CT molecular complexity index is 1130. The summed E-state index contributed by atoms with van der Waals surface area (Å²) in [5.41, 5.74) is 3.32. The number of piperidine rings is 1. The fraction of sp³-hybridized carbons (Fsp3) is 0.292. The van der Waals surface area contributed by atoms with E-state index in [-0.39, 0.29) is 0 Å². The minimum atomic E-state index is 0.596. The number of nitrogens with zero attached hydrogens (tertiary/aromatic N) is 5. The maximum absolute atomic E-state index is 6.33. The Hall–Kier alpha value is -2.92. The van der Waals surface area contributed by atoms with Gasteiger partial charge in [0.15, 0.2) is 5.65 Å². The first kappa shape index (κ1) is 19.1. The largest absolute Gasteiger partial charge is 0.356 e. The first-order valence-corrected chi connectivity index (χ1v) is 10.8. The van der Waals surface area contributed by atoms with Crippen LogP contribution in [-0.2, 0) is 13.0 Å². The standard InChI is InChI=1S/C24H24ClN5/c25-22-9-5-4-8-20(22)16-30-24-21(15-28-30)23(26-17-27-24)29-12-10-19(11-13-29)14-18-6-2-1-3-7-18/h1-9,15,17,19H,10-14,16H2. The van der Waals surface area contributed by atoms with Gasteiger partial charge in [-0.25, -0.2) is 14.6 Å². The Morgan fingerprint density at radius 3 is 2.50 bits per heavy atom. The molecule has 1 saturated heterocycles. The number of hydrogen-bond donors (Lipinski definition) is 0. The Balaban J connectivity index is 1.32. The van der Waals surface area contributed by atoms with Gasteiger partial charge in [0.2, 0.25) is 0 Å². The zero-order chi connectivity index (χ0) is 20.3. The van der Waals surface area contributed by atoms with Gasteiger partial charge in [0.25, 0.3) is 0 Å². The lowest BCUT2D eigenvalue weighted by molar-refractivity contribution is 0.402. The van der Waals surface area contributed by atoms with Crippen molar-refractivity contribution < 1.29 is 0 Å². The summed E-state index contributed by atoms with van der Waals surface area (Å²) in [5, 5.41) is 6.34. The van der Waals surface area contributed by atoms with E-state index in [1.54, 1.807) is 6.33 Å². The number of hydrogen-bond acceptors (Lipinski definition) is 4. The van der Waals surface area contributed by atoms with Crippen LogP contribution in [-0.4, -0.2) is 32.8 Å². The highest BCUT2D eigenvalue weighted by Crippen LogP contribution is 2.29. The maximum atomic E-state index is 6.33. The van der Waals surface area contributed by atoms with Crippen LogP contribution in [0.25, 0.3) is 11.0 Å². The van der Waals surface area contributed by atoms with Crippen LogP contribution in [0.2, 0.25) is 5.02 Å². The molecule has 0 amide bonds. The molecule has 1 aliphatic rings. The molecule has 5 nitrogen and oxygen atoms in total. The van der Waals surface area contributed by atoms with Crippen LogP contribution in [0.5, 0.6) is 0 Å². The fourth-order valence-electron chi connectivity index (χ4n) is 4.33. The molecular weight excluding hydrogens is 394 g/mol. The van der Waals surface area contributed by atoms with Crippen molar-refractivity contribution in [1.29, 1.82) is 0 Å². The molecule has 1 aliphatic heterocycles. The summed E-state index contributed by atoms with van der Waals surface area (Å²) in [7, 11) is 0. The second-order valence-electron chi connectivity index (χ2n) is 7.95. The van der Waals surface area contributed by atoms with Crippen molar-refractivity contribution in [3.05, 3.63) is 83.3 Å². The van der Waals surface area contributed by atoms with Crippen LogP contribution in [0.4, 0.5) is 5.82 Å². The third-order valence-corrected chi connectivity index (χ3v) is 6.34. The zero-order valence-electron chi connectivity index (χ0n) is 16.8. The normalized spacial score (nSPS) is 15.0. The molecule has 3 heterocycles. The lowest BCUT2D eigenvalue weighted by Crippen LogP contribution is -2.35. The van der Waals surface area contributed by atoms with Crippen LogP contribution in [0.3, 0.4) is 0 Å². The Labute approximate surface area is 181 Å². The first-order valence-electron chi connectivity index (χ1n) is 10.5. The summed E-state index contributed by atoms with van der Waals surface area (Å²) in [6.45, 7) is 2.62. The van der Waals surface area contributed by atoms with E-state index in [9.17, 15) is 0 Å². The van der Waals surface area contributed by atoms with E-state index in [0.29, 0.717) is 6.54 Å². The van der Waals surface area contributed by atoms with Crippen LogP contribution in [0, 0.1) is 5.92 Å². The van der Waals surface area contributed by atoms with Gasteiger partial charge in [-0.05, 0) is 42.4 Å². The SMILES string of the molecule is Clc1ccccc1Cn1ncc2c(N3CCC(Cc4ccccc4)CC3)ncnc21. The average Bonchev–Trinajstić information content (AvgIpc) is 3.20. The van der Waals surface area contributed by atoms with E-state index in [1.165, 1.54) is 18.4 Å². The summed E-state index contributed by atoms with van der Waals surface area (Å²) in [6.07, 6.45) is 7.04. The maximum Gasteiger partial charge on any atom is 0.163 e. The van der Waals surface area contributed by atoms with Gasteiger partial charge in [-0.1, -0.05) is 60.1 Å². The summed E-state index contributed by atoms with van der Waals surface area (Å²) >= 11 is 6.33. The lowest BCUT2D eigenvalue weighted by atomic mass is 9.90. The van der Waals surface area contributed by atoms with Gasteiger partial charge in [0.05, 0.1) is 18.1 Å². The molecule has 0 radical (unpaired) electrons. The van der Waals surface area contributed by atoms with E-state index >= 15 is 0 Å². The number of aromatic nitrogens is 4. The Kier molecular flexibility index (Phi) is 5.37. The number of rotatable bonds is 5. The van der Waals surface area contributed by atoms with Crippen molar-refractivity contribution in [3.8, 4) is 0 Å². The van der Waals surface area contributed by atoms with Gasteiger partial charge in [0.1, 0.15) is 12.1 Å². The topological polar surface area (TPSA) is 46.8 Å². The molecule has 0 atom stereocenters. The highest BCUT2D eigenvalue weighted by Gasteiger charge is 2.23. The molecule has 4 aromatic rings. The van der Waals surface area contributed by atoms with E-state index in [0.717, 1.165) is 52.9 Å². The van der Waals surface area contributed by atoms with E-state index in [2.05, 4.69) is 50.3 Å². The zero-order valence-corrected chi connectivity index (χ0v) is 17.5. The quantitative estimate of drug-likeness (QED) is 0.459. The van der Waals surface area contributed by atoms with Crippen LogP contribution in [0.1, 0.15) is 24.0 Å². The molecule has 2 aromatic carbocycles. The predicted molar refractivity (Wildman–Crippen MR) is 121 cm³/mol. The highest BCUT2D eigenvalue weighted by atomic mass is 35.5. The first-order chi connectivity index (χ1) is 14.8. The number of benzene rings is 2. The molecular formula is C24H24ClN5. The second kappa shape index (κ2) is 8.44.